The van der Waals surface area contributed by atoms with Crippen molar-refractivity contribution in [2.75, 3.05) is 0 Å². The summed E-state index contributed by atoms with van der Waals surface area (Å²) in [5, 5.41) is 13.7. The number of amides is 2. The molecule has 0 unspecified atom stereocenters. The molecule has 20 heavy (non-hydrogen) atoms. The lowest BCUT2D eigenvalue weighted by molar-refractivity contribution is -0.140. The van der Waals surface area contributed by atoms with Crippen molar-refractivity contribution in [3.63, 3.8) is 0 Å². The van der Waals surface area contributed by atoms with Crippen molar-refractivity contribution in [2.24, 2.45) is 5.73 Å². The van der Waals surface area contributed by atoms with Crippen molar-refractivity contribution in [1.82, 2.24) is 5.32 Å². The van der Waals surface area contributed by atoms with Crippen molar-refractivity contribution >= 4 is 39.2 Å². The fraction of sp³-hybridized carbons (Fsp3) is 0.154. The van der Waals surface area contributed by atoms with Crippen LogP contribution in [0.2, 0.25) is 0 Å². The Morgan fingerprint density at radius 2 is 2.00 bits per heavy atom. The molecule has 2 amide bonds. The third-order valence-electron chi connectivity index (χ3n) is 2.73. The van der Waals surface area contributed by atoms with Gasteiger partial charge in [-0.15, -0.1) is 11.3 Å². The lowest BCUT2D eigenvalue weighted by Gasteiger charge is -2.12. The molecule has 0 radical (unpaired) electrons. The van der Waals surface area contributed by atoms with Gasteiger partial charge in [-0.05, 0) is 6.07 Å². The second-order valence-corrected chi connectivity index (χ2v) is 5.09. The van der Waals surface area contributed by atoms with E-state index in [1.165, 1.54) is 11.3 Å². The molecule has 104 valence electrons. The molecule has 0 aliphatic carbocycles. The molecule has 1 aromatic heterocycles. The number of carbonyl (C=O) groups excluding carboxylic acids is 2. The Morgan fingerprint density at radius 1 is 1.30 bits per heavy atom. The number of primary amides is 1. The summed E-state index contributed by atoms with van der Waals surface area (Å²) in [6, 6.07) is 5.98. The van der Waals surface area contributed by atoms with Gasteiger partial charge in [0.25, 0.3) is 5.91 Å². The smallest absolute Gasteiger partial charge is 0.326 e. The number of hydrogen-bond donors (Lipinski definition) is 3. The number of carboxylic acid groups (broad SMARTS) is 1. The third-order valence-corrected chi connectivity index (χ3v) is 3.70. The number of carboxylic acids is 1. The Morgan fingerprint density at radius 3 is 2.65 bits per heavy atom. The zero-order chi connectivity index (χ0) is 14.7. The highest BCUT2D eigenvalue weighted by Gasteiger charge is 2.23. The highest BCUT2D eigenvalue weighted by Crippen LogP contribution is 2.25. The Hall–Kier alpha value is -2.41. The maximum absolute atomic E-state index is 12.1. The zero-order valence-corrected chi connectivity index (χ0v) is 11.1. The number of benzene rings is 1. The van der Waals surface area contributed by atoms with E-state index in [0.717, 1.165) is 10.1 Å². The van der Waals surface area contributed by atoms with Gasteiger partial charge in [0, 0.05) is 15.5 Å². The second-order valence-electron chi connectivity index (χ2n) is 4.18. The number of aliphatic carboxylic acids is 1. The Kier molecular flexibility index (Phi) is 3.99. The summed E-state index contributed by atoms with van der Waals surface area (Å²) in [5.41, 5.74) is 5.35. The largest absolute Gasteiger partial charge is 0.480 e. The summed E-state index contributed by atoms with van der Waals surface area (Å²) in [5.74, 6) is -2.61. The van der Waals surface area contributed by atoms with Crippen LogP contribution in [0.5, 0.6) is 0 Å². The van der Waals surface area contributed by atoms with E-state index in [9.17, 15) is 14.4 Å². The monoisotopic (exact) mass is 292 g/mol. The molecule has 2 aromatic rings. The minimum atomic E-state index is -1.32. The van der Waals surface area contributed by atoms with Gasteiger partial charge < -0.3 is 16.2 Å². The van der Waals surface area contributed by atoms with Gasteiger partial charge in [-0.3, -0.25) is 9.59 Å². The standard InChI is InChI=1S/C13H12N2O4S/c14-11(16)5-9(13(18)19)15-12(17)8-6-20-10-4-2-1-3-7(8)10/h1-4,6,9H,5H2,(H2,14,16)(H,15,17)(H,18,19)/t9-/m0/s1. The number of hydrogen-bond acceptors (Lipinski definition) is 4. The van der Waals surface area contributed by atoms with Gasteiger partial charge >= 0.3 is 5.97 Å². The van der Waals surface area contributed by atoms with E-state index in [4.69, 9.17) is 10.8 Å². The molecule has 2 rings (SSSR count). The van der Waals surface area contributed by atoms with Crippen molar-refractivity contribution in [3.05, 3.63) is 35.2 Å². The Balaban J connectivity index is 2.22. The fourth-order valence-corrected chi connectivity index (χ4v) is 2.73. The first-order chi connectivity index (χ1) is 9.49. The molecular weight excluding hydrogens is 280 g/mol. The lowest BCUT2D eigenvalue weighted by atomic mass is 10.1. The molecular formula is C13H12N2O4S. The van der Waals surface area contributed by atoms with E-state index < -0.39 is 30.2 Å². The van der Waals surface area contributed by atoms with Gasteiger partial charge in [0.05, 0.1) is 12.0 Å². The van der Waals surface area contributed by atoms with Crippen molar-refractivity contribution < 1.29 is 19.5 Å². The molecule has 0 aliphatic heterocycles. The van der Waals surface area contributed by atoms with E-state index in [0.29, 0.717) is 5.56 Å². The summed E-state index contributed by atoms with van der Waals surface area (Å²) in [7, 11) is 0. The number of thiophene rings is 1. The molecule has 0 saturated carbocycles. The van der Waals surface area contributed by atoms with Crippen LogP contribution in [0, 0.1) is 0 Å². The number of nitrogens with two attached hydrogens (primary N) is 1. The minimum absolute atomic E-state index is 0.390. The molecule has 1 aromatic carbocycles. The first-order valence-electron chi connectivity index (χ1n) is 5.77. The molecule has 0 bridgehead atoms. The van der Waals surface area contributed by atoms with Crippen LogP contribution in [0.4, 0.5) is 0 Å². The molecule has 1 atom stereocenters. The van der Waals surface area contributed by atoms with Crippen molar-refractivity contribution in [3.8, 4) is 0 Å². The maximum atomic E-state index is 12.1. The summed E-state index contributed by atoms with van der Waals surface area (Å²) in [6.45, 7) is 0. The van der Waals surface area contributed by atoms with Gasteiger partial charge in [-0.1, -0.05) is 18.2 Å². The summed E-state index contributed by atoms with van der Waals surface area (Å²) in [6.07, 6.45) is -0.441. The van der Waals surface area contributed by atoms with Gasteiger partial charge in [0.1, 0.15) is 6.04 Å². The van der Waals surface area contributed by atoms with Crippen LogP contribution in [0.25, 0.3) is 10.1 Å². The van der Waals surface area contributed by atoms with Crippen LogP contribution in [0.3, 0.4) is 0 Å². The average molecular weight is 292 g/mol. The molecule has 0 aliphatic rings. The Labute approximate surface area is 118 Å². The van der Waals surface area contributed by atoms with Gasteiger partial charge in [-0.25, -0.2) is 4.79 Å². The summed E-state index contributed by atoms with van der Waals surface area (Å²) in [4.78, 5) is 33.9. The second kappa shape index (κ2) is 5.70. The number of nitrogens with one attached hydrogen (secondary N) is 1. The van der Waals surface area contributed by atoms with E-state index in [-0.39, 0.29) is 0 Å². The third kappa shape index (κ3) is 2.94. The molecule has 6 nitrogen and oxygen atoms in total. The first-order valence-corrected chi connectivity index (χ1v) is 6.65. The molecule has 4 N–H and O–H groups in total. The average Bonchev–Trinajstić information content (AvgIpc) is 2.81. The molecule has 0 fully saturated rings. The van der Waals surface area contributed by atoms with Gasteiger partial charge in [0.15, 0.2) is 0 Å². The Bertz CT molecular complexity index is 680. The molecule has 0 saturated heterocycles. The van der Waals surface area contributed by atoms with Crippen LogP contribution in [-0.4, -0.2) is 28.9 Å². The molecule has 0 spiro atoms. The predicted molar refractivity (Wildman–Crippen MR) is 74.5 cm³/mol. The van der Waals surface area contributed by atoms with Gasteiger partial charge in [0.2, 0.25) is 5.91 Å². The normalized spacial score (nSPS) is 12.0. The summed E-state index contributed by atoms with van der Waals surface area (Å²) >= 11 is 1.39. The highest BCUT2D eigenvalue weighted by molar-refractivity contribution is 7.17. The van der Waals surface area contributed by atoms with Crippen LogP contribution in [0.1, 0.15) is 16.8 Å². The molecule has 7 heteroatoms. The van der Waals surface area contributed by atoms with Crippen LogP contribution >= 0.6 is 11.3 Å². The SMILES string of the molecule is NC(=O)C[C@H](NC(=O)c1csc2ccccc12)C(=O)O. The predicted octanol–water partition coefficient (Wildman–Crippen LogP) is 0.960. The van der Waals surface area contributed by atoms with E-state index in [1.54, 1.807) is 17.5 Å². The lowest BCUT2D eigenvalue weighted by Crippen LogP contribution is -2.43. The number of rotatable bonds is 5. The van der Waals surface area contributed by atoms with Crippen LogP contribution in [0.15, 0.2) is 29.6 Å². The van der Waals surface area contributed by atoms with Crippen molar-refractivity contribution in [1.29, 1.82) is 0 Å². The quantitative estimate of drug-likeness (QED) is 0.762. The first kappa shape index (κ1) is 14.0. The highest BCUT2D eigenvalue weighted by atomic mass is 32.1. The van der Waals surface area contributed by atoms with Crippen molar-refractivity contribution in [2.45, 2.75) is 12.5 Å². The number of fused-ring (bicyclic) bond motifs is 1. The van der Waals surface area contributed by atoms with E-state index in [2.05, 4.69) is 5.32 Å². The zero-order valence-electron chi connectivity index (χ0n) is 10.3. The topological polar surface area (TPSA) is 109 Å². The van der Waals surface area contributed by atoms with Crippen LogP contribution in [-0.2, 0) is 9.59 Å². The number of carbonyl (C=O) groups is 3. The summed E-state index contributed by atoms with van der Waals surface area (Å²) < 4.78 is 0.930. The van der Waals surface area contributed by atoms with E-state index >= 15 is 0 Å². The maximum Gasteiger partial charge on any atom is 0.326 e. The van der Waals surface area contributed by atoms with Gasteiger partial charge in [-0.2, -0.15) is 0 Å². The fourth-order valence-electron chi connectivity index (χ4n) is 1.79. The van der Waals surface area contributed by atoms with Crippen LogP contribution < -0.4 is 11.1 Å². The minimum Gasteiger partial charge on any atom is -0.480 e. The molecule has 1 heterocycles. The van der Waals surface area contributed by atoms with E-state index in [1.807, 2.05) is 12.1 Å².